The number of rotatable bonds is 2. The smallest absolute Gasteiger partial charge is 0.210 e. The van der Waals surface area contributed by atoms with Crippen molar-refractivity contribution in [1.29, 1.82) is 5.26 Å². The van der Waals surface area contributed by atoms with Crippen molar-refractivity contribution >= 4 is 33.5 Å². The predicted octanol–water partition coefficient (Wildman–Crippen LogP) is 5.55. The molecule has 5 aromatic rings. The largest absolute Gasteiger partial charge is 0.312 e. The summed E-state index contributed by atoms with van der Waals surface area (Å²) < 4.78 is 4.16. The summed E-state index contributed by atoms with van der Waals surface area (Å²) in [6.45, 7) is 2.05. The van der Waals surface area contributed by atoms with Gasteiger partial charge < -0.3 is 4.57 Å². The van der Waals surface area contributed by atoms with Gasteiger partial charge in [-0.25, -0.2) is 0 Å². The lowest BCUT2D eigenvalue weighted by Crippen LogP contribution is -2.23. The van der Waals surface area contributed by atoms with Crippen LogP contribution in [-0.4, -0.2) is 21.2 Å². The molecule has 0 saturated carbocycles. The van der Waals surface area contributed by atoms with Crippen LogP contribution in [0.4, 0.5) is 0 Å². The van der Waals surface area contributed by atoms with E-state index in [4.69, 9.17) is 16.6 Å². The highest BCUT2D eigenvalue weighted by Gasteiger charge is 2.17. The standard InChI is InChI=1S/C26H20ClN5/c1-16-4-5-17(14-28)12-23(16)32-25-21-13-19(18-6-9-20(27)10-7-18)8-11-22(21)30-15-24(25)31(3)26(32)29-2/h4-13,15H,1-3H3/b29-26+. The maximum Gasteiger partial charge on any atom is 0.210 e. The van der Waals surface area contributed by atoms with Gasteiger partial charge in [0.1, 0.15) is 0 Å². The van der Waals surface area contributed by atoms with E-state index in [1.165, 1.54) is 0 Å². The SMILES string of the molecule is C/N=c1\n(C)c2cnc3ccc(-c4ccc(Cl)cc4)cc3c2n1-c1cc(C#N)ccc1C. The van der Waals surface area contributed by atoms with Crippen molar-refractivity contribution in [2.24, 2.45) is 12.0 Å². The monoisotopic (exact) mass is 437 g/mol. The van der Waals surface area contributed by atoms with Crippen molar-refractivity contribution in [3.63, 3.8) is 0 Å². The molecule has 3 aromatic carbocycles. The molecular formula is C26H20ClN5. The van der Waals surface area contributed by atoms with E-state index in [1.54, 1.807) is 7.05 Å². The van der Waals surface area contributed by atoms with E-state index in [0.717, 1.165) is 49.9 Å². The van der Waals surface area contributed by atoms with E-state index >= 15 is 0 Å². The van der Waals surface area contributed by atoms with Gasteiger partial charge in [0, 0.05) is 24.5 Å². The van der Waals surface area contributed by atoms with Gasteiger partial charge in [-0.2, -0.15) is 5.26 Å². The normalized spacial score (nSPS) is 11.9. The molecule has 0 aliphatic heterocycles. The number of aryl methyl sites for hydroxylation is 2. The molecule has 0 N–H and O–H groups in total. The van der Waals surface area contributed by atoms with Crippen LogP contribution in [0.15, 0.2) is 71.9 Å². The molecule has 2 aromatic heterocycles. The third kappa shape index (κ3) is 3.08. The summed E-state index contributed by atoms with van der Waals surface area (Å²) in [6, 6.07) is 22.1. The van der Waals surface area contributed by atoms with E-state index in [0.29, 0.717) is 10.6 Å². The number of hydrogen-bond donors (Lipinski definition) is 0. The Balaban J connectivity index is 1.92. The van der Waals surface area contributed by atoms with E-state index in [2.05, 4.69) is 27.8 Å². The van der Waals surface area contributed by atoms with Crippen LogP contribution < -0.4 is 5.62 Å². The predicted molar refractivity (Wildman–Crippen MR) is 129 cm³/mol. The maximum atomic E-state index is 9.49. The number of aromatic nitrogens is 3. The zero-order valence-corrected chi connectivity index (χ0v) is 18.7. The summed E-state index contributed by atoms with van der Waals surface area (Å²) in [5.41, 5.74) is 8.41. The molecule has 0 fully saturated rings. The van der Waals surface area contributed by atoms with E-state index in [-0.39, 0.29) is 0 Å². The van der Waals surface area contributed by atoms with Crippen LogP contribution in [0.25, 0.3) is 38.8 Å². The first-order chi connectivity index (χ1) is 15.5. The van der Waals surface area contributed by atoms with Crippen molar-refractivity contribution in [2.45, 2.75) is 6.92 Å². The van der Waals surface area contributed by atoms with Crippen molar-refractivity contribution in [2.75, 3.05) is 7.05 Å². The molecule has 156 valence electrons. The minimum absolute atomic E-state index is 0.609. The van der Waals surface area contributed by atoms with Gasteiger partial charge in [0.25, 0.3) is 0 Å². The van der Waals surface area contributed by atoms with Crippen molar-refractivity contribution in [1.82, 2.24) is 14.1 Å². The molecule has 0 spiro atoms. The lowest BCUT2D eigenvalue weighted by atomic mass is 10.0. The van der Waals surface area contributed by atoms with Crippen LogP contribution in [0.5, 0.6) is 0 Å². The Bertz CT molecular complexity index is 1620. The molecule has 0 atom stereocenters. The number of benzene rings is 3. The number of imidazole rings is 1. The fourth-order valence-corrected chi connectivity index (χ4v) is 4.35. The van der Waals surface area contributed by atoms with Crippen LogP contribution in [0.2, 0.25) is 5.02 Å². The Hall–Kier alpha value is -3.88. The molecule has 0 saturated heterocycles. The Morgan fingerprint density at radius 2 is 1.75 bits per heavy atom. The van der Waals surface area contributed by atoms with Gasteiger partial charge in [0.05, 0.1) is 40.1 Å². The Morgan fingerprint density at radius 1 is 1.00 bits per heavy atom. The molecule has 6 heteroatoms. The van der Waals surface area contributed by atoms with E-state index < -0.39 is 0 Å². The first kappa shape index (κ1) is 20.0. The average molecular weight is 438 g/mol. The zero-order valence-electron chi connectivity index (χ0n) is 18.0. The zero-order chi connectivity index (χ0) is 22.4. The quantitative estimate of drug-likeness (QED) is 0.363. The summed E-state index contributed by atoms with van der Waals surface area (Å²) in [4.78, 5) is 9.29. The summed E-state index contributed by atoms with van der Waals surface area (Å²) in [5.74, 6) is 0. The minimum atomic E-state index is 0.609. The second kappa shape index (κ2) is 7.67. The highest BCUT2D eigenvalue weighted by atomic mass is 35.5. The topological polar surface area (TPSA) is 58.9 Å². The van der Waals surface area contributed by atoms with Crippen molar-refractivity contribution < 1.29 is 0 Å². The first-order valence-electron chi connectivity index (χ1n) is 10.2. The lowest BCUT2D eigenvalue weighted by Gasteiger charge is -2.11. The van der Waals surface area contributed by atoms with Crippen LogP contribution in [-0.2, 0) is 7.05 Å². The molecule has 0 aliphatic rings. The fourth-order valence-electron chi connectivity index (χ4n) is 4.23. The van der Waals surface area contributed by atoms with Crippen LogP contribution in [0, 0.1) is 18.3 Å². The fraction of sp³-hybridized carbons (Fsp3) is 0.115. The average Bonchev–Trinajstić information content (AvgIpc) is 3.11. The third-order valence-electron chi connectivity index (χ3n) is 5.86. The van der Waals surface area contributed by atoms with Crippen molar-refractivity contribution in [3.8, 4) is 22.9 Å². The lowest BCUT2D eigenvalue weighted by molar-refractivity contribution is 0.800. The van der Waals surface area contributed by atoms with Gasteiger partial charge in [-0.05, 0) is 60.0 Å². The van der Waals surface area contributed by atoms with Gasteiger partial charge in [0.15, 0.2) is 0 Å². The Morgan fingerprint density at radius 3 is 2.47 bits per heavy atom. The number of hydrogen-bond acceptors (Lipinski definition) is 3. The van der Waals surface area contributed by atoms with Gasteiger partial charge in [-0.15, -0.1) is 0 Å². The van der Waals surface area contributed by atoms with Crippen LogP contribution in [0.1, 0.15) is 11.1 Å². The highest BCUT2D eigenvalue weighted by molar-refractivity contribution is 6.30. The first-order valence-corrected chi connectivity index (χ1v) is 10.6. The maximum absolute atomic E-state index is 9.49. The van der Waals surface area contributed by atoms with E-state index in [1.807, 2.05) is 73.3 Å². The molecule has 0 aliphatic carbocycles. The second-order valence-electron chi connectivity index (χ2n) is 7.76. The molecule has 0 radical (unpaired) electrons. The van der Waals surface area contributed by atoms with Gasteiger partial charge in [-0.3, -0.25) is 14.5 Å². The van der Waals surface area contributed by atoms with E-state index in [9.17, 15) is 5.26 Å². The summed E-state index contributed by atoms with van der Waals surface area (Å²) in [5, 5.41) is 11.2. The number of pyridine rings is 1. The van der Waals surface area contributed by atoms with Gasteiger partial charge in [-0.1, -0.05) is 35.9 Å². The second-order valence-corrected chi connectivity index (χ2v) is 8.20. The summed E-state index contributed by atoms with van der Waals surface area (Å²) >= 11 is 6.09. The molecule has 5 rings (SSSR count). The summed E-state index contributed by atoms with van der Waals surface area (Å²) in [7, 11) is 3.77. The number of fused-ring (bicyclic) bond motifs is 3. The summed E-state index contributed by atoms with van der Waals surface area (Å²) in [6.07, 6.45) is 1.88. The van der Waals surface area contributed by atoms with Crippen LogP contribution in [0.3, 0.4) is 0 Å². The van der Waals surface area contributed by atoms with Crippen LogP contribution >= 0.6 is 11.6 Å². The van der Waals surface area contributed by atoms with Gasteiger partial charge >= 0.3 is 0 Å². The number of nitrogens with zero attached hydrogens (tertiary/aromatic N) is 5. The molecule has 2 heterocycles. The third-order valence-corrected chi connectivity index (χ3v) is 6.11. The number of nitriles is 1. The molecule has 5 nitrogen and oxygen atoms in total. The molecule has 0 bridgehead atoms. The number of halogens is 1. The molecule has 0 amide bonds. The Kier molecular flexibility index (Phi) is 4.80. The Labute approximate surface area is 190 Å². The molecular weight excluding hydrogens is 418 g/mol. The molecule has 32 heavy (non-hydrogen) atoms. The van der Waals surface area contributed by atoms with Crippen molar-refractivity contribution in [3.05, 3.63) is 88.6 Å². The molecule has 0 unspecified atom stereocenters. The minimum Gasteiger partial charge on any atom is -0.312 e. The highest BCUT2D eigenvalue weighted by Crippen LogP contribution is 2.31. The van der Waals surface area contributed by atoms with Gasteiger partial charge in [0.2, 0.25) is 5.62 Å².